The average Bonchev–Trinajstić information content (AvgIpc) is 3.08. The molecule has 0 N–H and O–H groups in total. The molecular weight excluding hydrogens is 328 g/mol. The Morgan fingerprint density at radius 2 is 1.77 bits per heavy atom. The van der Waals surface area contributed by atoms with Gasteiger partial charge in [0.15, 0.2) is 5.41 Å². The molecule has 0 saturated heterocycles. The van der Waals surface area contributed by atoms with Gasteiger partial charge in [0.25, 0.3) is 0 Å². The molecule has 0 radical (unpaired) electrons. The number of unbranched alkanes of at least 4 members (excludes halogenated alkanes) is 1. The van der Waals surface area contributed by atoms with Crippen LogP contribution in [0.2, 0.25) is 0 Å². The van der Waals surface area contributed by atoms with Gasteiger partial charge in [-0.3, -0.25) is 9.59 Å². The SMILES string of the molecule is C=C[C@@H]1CC(C(=O)OC)(C(=O)OC)C[C@@H]1/C(=C\CCC)c1ccccc1. The van der Waals surface area contributed by atoms with Gasteiger partial charge in [0.05, 0.1) is 14.2 Å². The van der Waals surface area contributed by atoms with Crippen LogP contribution in [-0.2, 0) is 19.1 Å². The molecule has 1 aromatic rings. The molecule has 1 fully saturated rings. The van der Waals surface area contributed by atoms with Crippen LogP contribution in [0.4, 0.5) is 0 Å². The van der Waals surface area contributed by atoms with Gasteiger partial charge >= 0.3 is 11.9 Å². The first-order chi connectivity index (χ1) is 12.5. The number of methoxy groups -OCH3 is 2. The van der Waals surface area contributed by atoms with Gasteiger partial charge in [-0.15, -0.1) is 6.58 Å². The molecule has 26 heavy (non-hydrogen) atoms. The predicted octanol–water partition coefficient (Wildman–Crippen LogP) is 4.41. The van der Waals surface area contributed by atoms with E-state index >= 15 is 0 Å². The Balaban J connectivity index is 2.49. The van der Waals surface area contributed by atoms with Crippen LogP contribution in [0.5, 0.6) is 0 Å². The molecule has 2 atom stereocenters. The molecule has 1 aromatic carbocycles. The van der Waals surface area contributed by atoms with Crippen molar-refractivity contribution in [1.82, 2.24) is 0 Å². The van der Waals surface area contributed by atoms with E-state index in [0.29, 0.717) is 12.8 Å². The van der Waals surface area contributed by atoms with E-state index in [4.69, 9.17) is 9.47 Å². The van der Waals surface area contributed by atoms with Gasteiger partial charge in [0.1, 0.15) is 0 Å². The van der Waals surface area contributed by atoms with Gasteiger partial charge in [0, 0.05) is 0 Å². The summed E-state index contributed by atoms with van der Waals surface area (Å²) in [6.07, 6.45) is 6.77. The number of esters is 2. The van der Waals surface area contributed by atoms with Crippen LogP contribution in [0.1, 0.15) is 38.2 Å². The Hall–Kier alpha value is -2.36. The van der Waals surface area contributed by atoms with Gasteiger partial charge in [-0.2, -0.15) is 0 Å². The molecule has 0 heterocycles. The van der Waals surface area contributed by atoms with Crippen LogP contribution < -0.4 is 0 Å². The van der Waals surface area contributed by atoms with Crippen molar-refractivity contribution < 1.29 is 19.1 Å². The molecule has 140 valence electrons. The third-order valence-corrected chi connectivity index (χ3v) is 5.28. The molecule has 0 aromatic heterocycles. The predicted molar refractivity (Wildman–Crippen MR) is 102 cm³/mol. The highest BCUT2D eigenvalue weighted by atomic mass is 16.5. The standard InChI is InChI=1S/C22H28O4/c1-5-7-13-18(17-11-9-8-10-12-17)19-15-22(20(23)25-3,21(24)26-4)14-16(19)6-2/h6,8-13,16,19H,2,5,7,14-15H2,1,3-4H3/b18-13-/t16-,19+/m1/s1. The highest BCUT2D eigenvalue weighted by molar-refractivity contribution is 6.01. The van der Waals surface area contributed by atoms with Gasteiger partial charge < -0.3 is 9.47 Å². The van der Waals surface area contributed by atoms with Gasteiger partial charge in [-0.25, -0.2) is 0 Å². The summed E-state index contributed by atoms with van der Waals surface area (Å²) in [4.78, 5) is 25.1. The summed E-state index contributed by atoms with van der Waals surface area (Å²) in [6.45, 7) is 6.08. The van der Waals surface area contributed by atoms with Crippen molar-refractivity contribution in [3.05, 3.63) is 54.6 Å². The Kier molecular flexibility index (Phi) is 6.78. The zero-order valence-corrected chi connectivity index (χ0v) is 15.9. The molecule has 4 heteroatoms. The van der Waals surface area contributed by atoms with Crippen LogP contribution in [0.3, 0.4) is 0 Å². The average molecular weight is 356 g/mol. The van der Waals surface area contributed by atoms with Crippen molar-refractivity contribution >= 4 is 17.5 Å². The maximum absolute atomic E-state index is 12.5. The van der Waals surface area contributed by atoms with Gasteiger partial charge in [-0.1, -0.05) is 55.8 Å². The lowest BCUT2D eigenvalue weighted by Crippen LogP contribution is -2.39. The van der Waals surface area contributed by atoms with Crippen LogP contribution in [0.25, 0.3) is 5.57 Å². The minimum absolute atomic E-state index is 0.00323. The molecule has 0 amide bonds. The van der Waals surface area contributed by atoms with Crippen molar-refractivity contribution in [3.63, 3.8) is 0 Å². The molecule has 1 aliphatic carbocycles. The molecule has 1 saturated carbocycles. The Bertz CT molecular complexity index is 659. The second kappa shape index (κ2) is 8.84. The molecule has 1 aliphatic rings. The van der Waals surface area contributed by atoms with E-state index in [1.807, 2.05) is 24.3 Å². The molecular formula is C22H28O4. The van der Waals surface area contributed by atoms with Crippen molar-refractivity contribution in [3.8, 4) is 0 Å². The zero-order valence-electron chi connectivity index (χ0n) is 15.9. The lowest BCUT2D eigenvalue weighted by atomic mass is 9.82. The number of hydrogen-bond donors (Lipinski definition) is 0. The lowest BCUT2D eigenvalue weighted by molar-refractivity contribution is -0.168. The number of hydrogen-bond acceptors (Lipinski definition) is 4. The fourth-order valence-electron chi connectivity index (χ4n) is 3.96. The van der Waals surface area contributed by atoms with Crippen molar-refractivity contribution in [2.75, 3.05) is 14.2 Å². The largest absolute Gasteiger partial charge is 0.468 e. The summed E-state index contributed by atoms with van der Waals surface area (Å²) >= 11 is 0. The fourth-order valence-corrected chi connectivity index (χ4v) is 3.96. The van der Waals surface area contributed by atoms with E-state index in [1.165, 1.54) is 14.2 Å². The normalized spacial score (nSPS) is 21.9. The first-order valence-electron chi connectivity index (χ1n) is 9.08. The Labute approximate surface area is 155 Å². The fraction of sp³-hybridized carbons (Fsp3) is 0.455. The zero-order chi connectivity index (χ0) is 19.2. The Morgan fingerprint density at radius 1 is 1.15 bits per heavy atom. The first kappa shape index (κ1) is 20.0. The van der Waals surface area contributed by atoms with E-state index in [9.17, 15) is 9.59 Å². The van der Waals surface area contributed by atoms with E-state index in [2.05, 4.69) is 31.7 Å². The highest BCUT2D eigenvalue weighted by Gasteiger charge is 2.57. The van der Waals surface area contributed by atoms with Crippen LogP contribution in [0.15, 0.2) is 49.1 Å². The third kappa shape index (κ3) is 3.74. The number of benzene rings is 1. The number of carbonyl (C=O) groups excluding carboxylic acids is 2. The van der Waals surface area contributed by atoms with Crippen LogP contribution in [-0.4, -0.2) is 26.2 Å². The van der Waals surface area contributed by atoms with E-state index in [-0.39, 0.29) is 11.8 Å². The van der Waals surface area contributed by atoms with Crippen molar-refractivity contribution in [2.45, 2.75) is 32.6 Å². The summed E-state index contributed by atoms with van der Waals surface area (Å²) in [5.41, 5.74) is 1.00. The summed E-state index contributed by atoms with van der Waals surface area (Å²) in [5.74, 6) is -1.04. The second-order valence-corrected chi connectivity index (χ2v) is 6.79. The molecule has 0 aliphatic heterocycles. The second-order valence-electron chi connectivity index (χ2n) is 6.79. The molecule has 0 unspecified atom stereocenters. The van der Waals surface area contributed by atoms with Gasteiger partial charge in [-0.05, 0) is 42.2 Å². The van der Waals surface area contributed by atoms with Gasteiger partial charge in [0.2, 0.25) is 0 Å². The minimum atomic E-state index is -1.27. The topological polar surface area (TPSA) is 52.6 Å². The van der Waals surface area contributed by atoms with Crippen LogP contribution in [0, 0.1) is 17.3 Å². The number of allylic oxidation sites excluding steroid dienone is 3. The van der Waals surface area contributed by atoms with E-state index in [1.54, 1.807) is 0 Å². The number of carbonyl (C=O) groups is 2. The van der Waals surface area contributed by atoms with Crippen molar-refractivity contribution in [2.24, 2.45) is 17.3 Å². The number of rotatable bonds is 7. The maximum atomic E-state index is 12.5. The molecule has 4 nitrogen and oxygen atoms in total. The molecule has 0 spiro atoms. The summed E-state index contributed by atoms with van der Waals surface area (Å²) in [6, 6.07) is 10.1. The lowest BCUT2D eigenvalue weighted by Gasteiger charge is -2.24. The van der Waals surface area contributed by atoms with Crippen LogP contribution >= 0.6 is 0 Å². The maximum Gasteiger partial charge on any atom is 0.323 e. The third-order valence-electron chi connectivity index (χ3n) is 5.28. The minimum Gasteiger partial charge on any atom is -0.468 e. The van der Waals surface area contributed by atoms with E-state index in [0.717, 1.165) is 24.0 Å². The smallest absolute Gasteiger partial charge is 0.323 e. The summed E-state index contributed by atoms with van der Waals surface area (Å²) < 4.78 is 9.95. The van der Waals surface area contributed by atoms with Crippen molar-refractivity contribution in [1.29, 1.82) is 0 Å². The quantitative estimate of drug-likeness (QED) is 0.412. The summed E-state index contributed by atoms with van der Waals surface area (Å²) in [5, 5.41) is 0. The highest BCUT2D eigenvalue weighted by Crippen LogP contribution is 2.52. The van der Waals surface area contributed by atoms with E-state index < -0.39 is 17.4 Å². The Morgan fingerprint density at radius 3 is 2.27 bits per heavy atom. The number of ether oxygens (including phenoxy) is 2. The molecule has 2 rings (SSSR count). The molecule has 0 bridgehead atoms. The first-order valence-corrected chi connectivity index (χ1v) is 9.08. The monoisotopic (exact) mass is 356 g/mol. The summed E-state index contributed by atoms with van der Waals surface area (Å²) in [7, 11) is 2.63.